The van der Waals surface area contributed by atoms with Crippen molar-refractivity contribution in [3.05, 3.63) is 35.4 Å². The van der Waals surface area contributed by atoms with E-state index in [2.05, 4.69) is 55.3 Å². The van der Waals surface area contributed by atoms with E-state index in [4.69, 9.17) is 0 Å². The van der Waals surface area contributed by atoms with Gasteiger partial charge >= 0.3 is 0 Å². The average molecular weight is 327 g/mol. The Labute approximate surface area is 141 Å². The third kappa shape index (κ3) is 6.80. The molecule has 0 aliphatic heterocycles. The number of hydrogen-bond donors (Lipinski definition) is 1. The second kappa shape index (κ2) is 11.5. The molecule has 0 heterocycles. The van der Waals surface area contributed by atoms with E-state index in [1.807, 2.05) is 7.05 Å². The summed E-state index contributed by atoms with van der Waals surface area (Å²) in [5.41, 5.74) is 2.59. The number of benzene rings is 1. The first kappa shape index (κ1) is 20.9. The van der Waals surface area contributed by atoms with Crippen molar-refractivity contribution in [2.24, 2.45) is 0 Å². The van der Waals surface area contributed by atoms with Gasteiger partial charge in [0.2, 0.25) is 5.91 Å². The van der Waals surface area contributed by atoms with Crippen LogP contribution in [0.25, 0.3) is 0 Å². The van der Waals surface area contributed by atoms with Gasteiger partial charge in [0.25, 0.3) is 0 Å². The van der Waals surface area contributed by atoms with Crippen LogP contribution in [0.15, 0.2) is 24.3 Å². The summed E-state index contributed by atoms with van der Waals surface area (Å²) in [6.07, 6.45) is 3.49. The molecule has 0 aliphatic carbocycles. The van der Waals surface area contributed by atoms with Crippen molar-refractivity contribution in [1.82, 2.24) is 10.2 Å². The van der Waals surface area contributed by atoms with Crippen molar-refractivity contribution in [3.8, 4) is 0 Å². The molecule has 3 nitrogen and oxygen atoms in total. The highest BCUT2D eigenvalue weighted by molar-refractivity contribution is 5.85. The summed E-state index contributed by atoms with van der Waals surface area (Å²) in [7, 11) is 1.92. The summed E-state index contributed by atoms with van der Waals surface area (Å²) in [6.45, 7) is 8.04. The van der Waals surface area contributed by atoms with Gasteiger partial charge in [-0.2, -0.15) is 0 Å². The summed E-state index contributed by atoms with van der Waals surface area (Å²) < 4.78 is 0. The van der Waals surface area contributed by atoms with Crippen LogP contribution in [0.5, 0.6) is 0 Å². The van der Waals surface area contributed by atoms with E-state index in [1.54, 1.807) is 0 Å². The van der Waals surface area contributed by atoms with Crippen LogP contribution in [0.4, 0.5) is 0 Å². The summed E-state index contributed by atoms with van der Waals surface area (Å²) in [4.78, 5) is 14.4. The summed E-state index contributed by atoms with van der Waals surface area (Å²) in [5.74, 6) is 0.284. The van der Waals surface area contributed by atoms with E-state index in [-0.39, 0.29) is 18.3 Å². The fourth-order valence-corrected chi connectivity index (χ4v) is 2.67. The average Bonchev–Trinajstić information content (AvgIpc) is 2.49. The van der Waals surface area contributed by atoms with Crippen molar-refractivity contribution >= 4 is 18.3 Å². The number of hydrogen-bond acceptors (Lipinski definition) is 2. The van der Waals surface area contributed by atoms with Gasteiger partial charge in [0.1, 0.15) is 0 Å². The first-order valence-corrected chi connectivity index (χ1v) is 8.11. The van der Waals surface area contributed by atoms with Crippen LogP contribution >= 0.6 is 12.4 Å². The van der Waals surface area contributed by atoms with Crippen molar-refractivity contribution in [3.63, 3.8) is 0 Å². The number of nitrogens with one attached hydrogen (secondary N) is 1. The lowest BCUT2D eigenvalue weighted by molar-refractivity contribution is -0.133. The second-order valence-corrected chi connectivity index (χ2v) is 5.64. The summed E-state index contributed by atoms with van der Waals surface area (Å²) in [6, 6.07) is 8.95. The fourth-order valence-electron chi connectivity index (χ4n) is 2.67. The Bertz CT molecular complexity index is 420. The normalized spacial score (nSPS) is 11.6. The lowest BCUT2D eigenvalue weighted by Crippen LogP contribution is -2.41. The van der Waals surface area contributed by atoms with Gasteiger partial charge in [-0.15, -0.1) is 12.4 Å². The molecule has 0 spiro atoms. The quantitative estimate of drug-likeness (QED) is 0.703. The lowest BCUT2D eigenvalue weighted by Gasteiger charge is -2.30. The third-order valence-electron chi connectivity index (χ3n) is 3.98. The van der Waals surface area contributed by atoms with Gasteiger partial charge in [0, 0.05) is 19.0 Å². The van der Waals surface area contributed by atoms with E-state index < -0.39 is 0 Å². The SMILES string of the molecule is CCC(Cc1ccc(C)cc1)N(CC)C(=O)CCCNC.Cl. The molecule has 0 radical (unpaired) electrons. The first-order chi connectivity index (χ1) is 10.1. The van der Waals surface area contributed by atoms with Crippen LogP contribution in [0.2, 0.25) is 0 Å². The Morgan fingerprint density at radius 1 is 1.23 bits per heavy atom. The van der Waals surface area contributed by atoms with Gasteiger partial charge in [-0.25, -0.2) is 0 Å². The molecule has 4 heteroatoms. The fraction of sp³-hybridized carbons (Fsp3) is 0.611. The highest BCUT2D eigenvalue weighted by atomic mass is 35.5. The summed E-state index contributed by atoms with van der Waals surface area (Å²) in [5, 5.41) is 3.10. The minimum absolute atomic E-state index is 0. The second-order valence-electron chi connectivity index (χ2n) is 5.64. The molecule has 1 aromatic carbocycles. The molecule has 22 heavy (non-hydrogen) atoms. The Morgan fingerprint density at radius 3 is 2.36 bits per heavy atom. The number of carbonyl (C=O) groups excluding carboxylic acids is 1. The van der Waals surface area contributed by atoms with Crippen LogP contribution < -0.4 is 5.32 Å². The molecule has 1 unspecified atom stereocenters. The van der Waals surface area contributed by atoms with Gasteiger partial charge in [0.05, 0.1) is 0 Å². The molecular formula is C18H31ClN2O. The molecule has 0 bridgehead atoms. The van der Waals surface area contributed by atoms with Crippen molar-refractivity contribution in [2.45, 2.75) is 52.5 Å². The number of aryl methyl sites for hydroxylation is 1. The molecule has 1 aromatic rings. The zero-order valence-electron chi connectivity index (χ0n) is 14.4. The van der Waals surface area contributed by atoms with Gasteiger partial charge in [-0.1, -0.05) is 36.8 Å². The molecule has 0 saturated carbocycles. The topological polar surface area (TPSA) is 32.3 Å². The molecule has 0 saturated heterocycles. The van der Waals surface area contributed by atoms with Crippen molar-refractivity contribution in [2.75, 3.05) is 20.1 Å². The van der Waals surface area contributed by atoms with Gasteiger partial charge in [-0.05, 0) is 52.3 Å². The highest BCUT2D eigenvalue weighted by Crippen LogP contribution is 2.14. The molecule has 0 aromatic heterocycles. The Morgan fingerprint density at radius 2 is 1.86 bits per heavy atom. The number of nitrogens with zero attached hydrogens (tertiary/aromatic N) is 1. The summed E-state index contributed by atoms with van der Waals surface area (Å²) >= 11 is 0. The Balaban J connectivity index is 0.00000441. The predicted octanol–water partition coefficient (Wildman–Crippen LogP) is 3.59. The van der Waals surface area contributed by atoms with Crippen molar-refractivity contribution < 1.29 is 4.79 Å². The molecule has 0 fully saturated rings. The third-order valence-corrected chi connectivity index (χ3v) is 3.98. The number of amides is 1. The van der Waals surface area contributed by atoms with E-state index >= 15 is 0 Å². The zero-order valence-corrected chi connectivity index (χ0v) is 15.2. The Hall–Kier alpha value is -1.06. The first-order valence-electron chi connectivity index (χ1n) is 8.11. The standard InChI is InChI=1S/C18H30N2O.ClH/c1-5-17(14-16-11-9-15(3)10-12-16)20(6-2)18(21)8-7-13-19-4;/h9-12,17,19H,5-8,13-14H2,1-4H3;1H. The lowest BCUT2D eigenvalue weighted by atomic mass is 10.0. The van der Waals surface area contributed by atoms with Gasteiger partial charge in [0.15, 0.2) is 0 Å². The maximum Gasteiger partial charge on any atom is 0.222 e. The molecule has 1 amide bonds. The van der Waals surface area contributed by atoms with E-state index in [1.165, 1.54) is 11.1 Å². The minimum atomic E-state index is 0. The molecule has 1 rings (SSSR count). The van der Waals surface area contributed by atoms with Crippen LogP contribution in [0, 0.1) is 6.92 Å². The van der Waals surface area contributed by atoms with Crippen LogP contribution in [-0.2, 0) is 11.2 Å². The maximum absolute atomic E-state index is 12.4. The molecule has 1 atom stereocenters. The molecular weight excluding hydrogens is 296 g/mol. The number of halogens is 1. The van der Waals surface area contributed by atoms with Gasteiger partial charge in [-0.3, -0.25) is 4.79 Å². The van der Waals surface area contributed by atoms with Crippen LogP contribution in [0.3, 0.4) is 0 Å². The smallest absolute Gasteiger partial charge is 0.222 e. The van der Waals surface area contributed by atoms with E-state index in [9.17, 15) is 4.79 Å². The maximum atomic E-state index is 12.4. The highest BCUT2D eigenvalue weighted by Gasteiger charge is 2.20. The largest absolute Gasteiger partial charge is 0.340 e. The minimum Gasteiger partial charge on any atom is -0.340 e. The molecule has 126 valence electrons. The number of likely N-dealkylation sites (N-methyl/N-ethyl adjacent to an activating group) is 1. The number of carbonyl (C=O) groups is 1. The molecule has 0 aliphatic rings. The monoisotopic (exact) mass is 326 g/mol. The zero-order chi connectivity index (χ0) is 15.7. The number of rotatable bonds is 9. The predicted molar refractivity (Wildman–Crippen MR) is 96.8 cm³/mol. The Kier molecular flexibility index (Phi) is 10.9. The van der Waals surface area contributed by atoms with Crippen molar-refractivity contribution in [1.29, 1.82) is 0 Å². The molecule has 1 N–H and O–H groups in total. The van der Waals surface area contributed by atoms with Gasteiger partial charge < -0.3 is 10.2 Å². The van der Waals surface area contributed by atoms with E-state index in [0.717, 1.165) is 32.4 Å². The van der Waals surface area contributed by atoms with E-state index in [0.29, 0.717) is 12.5 Å². The van der Waals surface area contributed by atoms with Crippen LogP contribution in [0.1, 0.15) is 44.2 Å². The van der Waals surface area contributed by atoms with Crippen LogP contribution in [-0.4, -0.2) is 37.0 Å².